The van der Waals surface area contributed by atoms with E-state index in [9.17, 15) is 14.4 Å². The van der Waals surface area contributed by atoms with Gasteiger partial charge in [-0.15, -0.1) is 0 Å². The first-order valence-corrected chi connectivity index (χ1v) is 11.6. The van der Waals surface area contributed by atoms with Gasteiger partial charge in [0.2, 0.25) is 5.91 Å². The Morgan fingerprint density at radius 2 is 1.76 bits per heavy atom. The minimum atomic E-state index is -0.769. The number of hydrogen-bond acceptors (Lipinski definition) is 5. The molecule has 0 unspecified atom stereocenters. The lowest BCUT2D eigenvalue weighted by atomic mass is 9.96. The first-order valence-electron chi connectivity index (χ1n) is 11.2. The van der Waals surface area contributed by atoms with Gasteiger partial charge in [0, 0.05) is 36.6 Å². The maximum absolute atomic E-state index is 12.8. The minimum Gasteiger partial charge on any atom is -0.434 e. The number of halogens is 1. The number of ether oxygens (including phenoxy) is 2. The number of rotatable bonds is 8. The smallest absolute Gasteiger partial charge is 0.434 e. The molecule has 0 bridgehead atoms. The van der Waals surface area contributed by atoms with Crippen LogP contribution >= 0.6 is 11.6 Å². The summed E-state index contributed by atoms with van der Waals surface area (Å²) in [5.41, 5.74) is 1.51. The number of amides is 2. The summed E-state index contributed by atoms with van der Waals surface area (Å²) in [4.78, 5) is 38.2. The summed E-state index contributed by atoms with van der Waals surface area (Å²) in [6, 6.07) is 14.0. The van der Waals surface area contributed by atoms with Gasteiger partial charge in [-0.2, -0.15) is 0 Å². The van der Waals surface area contributed by atoms with Crippen LogP contribution in [0, 0.1) is 5.92 Å². The van der Waals surface area contributed by atoms with Crippen LogP contribution in [-0.2, 0) is 16.0 Å². The van der Waals surface area contributed by atoms with Crippen molar-refractivity contribution in [2.75, 3.05) is 26.2 Å². The summed E-state index contributed by atoms with van der Waals surface area (Å²) in [6.45, 7) is 3.82. The molecular formula is C25H29ClN2O5. The Balaban J connectivity index is 1.38. The summed E-state index contributed by atoms with van der Waals surface area (Å²) in [5, 5.41) is 3.70. The summed E-state index contributed by atoms with van der Waals surface area (Å²) in [6.07, 6.45) is 1.91. The van der Waals surface area contributed by atoms with Crippen LogP contribution in [0.5, 0.6) is 5.75 Å². The Morgan fingerprint density at radius 1 is 1.06 bits per heavy atom. The van der Waals surface area contributed by atoms with Gasteiger partial charge in [0.25, 0.3) is 5.91 Å². The Morgan fingerprint density at radius 3 is 2.42 bits per heavy atom. The van der Waals surface area contributed by atoms with Crippen molar-refractivity contribution in [2.24, 2.45) is 5.92 Å². The van der Waals surface area contributed by atoms with Crippen LogP contribution in [0.4, 0.5) is 4.79 Å². The third-order valence-electron chi connectivity index (χ3n) is 5.63. The molecule has 0 spiro atoms. The van der Waals surface area contributed by atoms with Crippen LogP contribution in [0.25, 0.3) is 0 Å². The van der Waals surface area contributed by atoms with E-state index in [2.05, 4.69) is 5.32 Å². The average molecular weight is 473 g/mol. The molecule has 1 fully saturated rings. The number of nitrogens with zero attached hydrogens (tertiary/aromatic N) is 1. The highest BCUT2D eigenvalue weighted by Gasteiger charge is 2.24. The molecule has 2 aromatic carbocycles. The van der Waals surface area contributed by atoms with Crippen molar-refractivity contribution >= 4 is 29.6 Å². The van der Waals surface area contributed by atoms with Crippen LogP contribution < -0.4 is 10.1 Å². The Hall–Kier alpha value is -3.06. The first kappa shape index (κ1) is 24.6. The van der Waals surface area contributed by atoms with E-state index >= 15 is 0 Å². The number of carbonyl (C=O) groups is 3. The molecule has 176 valence electrons. The fourth-order valence-corrected chi connectivity index (χ4v) is 3.96. The third kappa shape index (κ3) is 7.49. The predicted molar refractivity (Wildman–Crippen MR) is 126 cm³/mol. The van der Waals surface area contributed by atoms with Crippen molar-refractivity contribution in [2.45, 2.75) is 32.6 Å². The van der Waals surface area contributed by atoms with Crippen molar-refractivity contribution in [3.8, 4) is 5.75 Å². The zero-order valence-corrected chi connectivity index (χ0v) is 19.5. The summed E-state index contributed by atoms with van der Waals surface area (Å²) < 4.78 is 9.75. The zero-order valence-electron chi connectivity index (χ0n) is 18.7. The van der Waals surface area contributed by atoms with E-state index in [0.29, 0.717) is 54.7 Å². The standard InChI is InChI=1S/C25H29ClN2O5/c1-2-32-25(31)33-21-10-7-20(8-11-21)24(30)28-15-13-18(14-16-28)17-27-23(29)12-9-19-5-3-4-6-22(19)26/h3-8,10-11,18H,2,9,12-17H2,1H3,(H,27,29). The van der Waals surface area contributed by atoms with E-state index in [1.807, 2.05) is 29.2 Å². The molecule has 0 aromatic heterocycles. The quantitative estimate of drug-likeness (QED) is 0.452. The largest absolute Gasteiger partial charge is 0.513 e. The maximum atomic E-state index is 12.8. The molecule has 0 atom stereocenters. The van der Waals surface area contributed by atoms with Crippen LogP contribution in [0.1, 0.15) is 42.1 Å². The highest BCUT2D eigenvalue weighted by atomic mass is 35.5. The molecule has 0 radical (unpaired) electrons. The van der Waals surface area contributed by atoms with Crippen molar-refractivity contribution in [1.29, 1.82) is 0 Å². The molecule has 7 nitrogen and oxygen atoms in total. The highest BCUT2D eigenvalue weighted by Crippen LogP contribution is 2.21. The Bertz CT molecular complexity index is 956. The van der Waals surface area contributed by atoms with Crippen LogP contribution in [0.15, 0.2) is 48.5 Å². The van der Waals surface area contributed by atoms with Gasteiger partial charge >= 0.3 is 6.16 Å². The molecule has 3 rings (SSSR count). The summed E-state index contributed by atoms with van der Waals surface area (Å²) in [5.74, 6) is 0.631. The maximum Gasteiger partial charge on any atom is 0.513 e. The van der Waals surface area contributed by atoms with E-state index in [1.54, 1.807) is 31.2 Å². The molecular weight excluding hydrogens is 444 g/mol. The molecule has 2 aromatic rings. The molecule has 1 aliphatic rings. The molecule has 33 heavy (non-hydrogen) atoms. The Labute approximate surface area is 199 Å². The number of hydrogen-bond donors (Lipinski definition) is 1. The molecule has 1 N–H and O–H groups in total. The van der Waals surface area contributed by atoms with Crippen LogP contribution in [0.3, 0.4) is 0 Å². The fourth-order valence-electron chi connectivity index (χ4n) is 3.73. The van der Waals surface area contributed by atoms with Gasteiger partial charge in [-0.25, -0.2) is 4.79 Å². The van der Waals surface area contributed by atoms with E-state index < -0.39 is 6.16 Å². The summed E-state index contributed by atoms with van der Waals surface area (Å²) in [7, 11) is 0. The zero-order chi connectivity index (χ0) is 23.6. The van der Waals surface area contributed by atoms with Crippen molar-refractivity contribution in [1.82, 2.24) is 10.2 Å². The lowest BCUT2D eigenvalue weighted by Crippen LogP contribution is -2.41. The van der Waals surface area contributed by atoms with Crippen molar-refractivity contribution < 1.29 is 23.9 Å². The van der Waals surface area contributed by atoms with E-state index in [0.717, 1.165) is 18.4 Å². The molecule has 1 aliphatic heterocycles. The number of piperidine rings is 1. The molecule has 2 amide bonds. The molecule has 0 aliphatic carbocycles. The SMILES string of the molecule is CCOC(=O)Oc1ccc(C(=O)N2CCC(CNC(=O)CCc3ccccc3Cl)CC2)cc1. The second-order valence-electron chi connectivity index (χ2n) is 7.94. The van der Waals surface area contributed by atoms with Crippen LogP contribution in [0.2, 0.25) is 5.02 Å². The van der Waals surface area contributed by atoms with E-state index in [1.165, 1.54) is 0 Å². The average Bonchev–Trinajstić information content (AvgIpc) is 2.83. The topological polar surface area (TPSA) is 84.9 Å². The predicted octanol–water partition coefficient (Wildman–Crippen LogP) is 4.48. The molecule has 1 saturated heterocycles. The van der Waals surface area contributed by atoms with Crippen molar-refractivity contribution in [3.05, 3.63) is 64.7 Å². The summed E-state index contributed by atoms with van der Waals surface area (Å²) >= 11 is 6.14. The molecule has 0 saturated carbocycles. The van der Waals surface area contributed by atoms with E-state index in [-0.39, 0.29) is 18.4 Å². The Kier molecular flexibility index (Phi) is 9.13. The van der Waals surface area contributed by atoms with Gasteiger partial charge in [0.1, 0.15) is 5.75 Å². The lowest BCUT2D eigenvalue weighted by molar-refractivity contribution is -0.121. The fraction of sp³-hybridized carbons (Fsp3) is 0.400. The number of nitrogens with one attached hydrogen (secondary N) is 1. The molecule has 8 heteroatoms. The van der Waals surface area contributed by atoms with Gasteiger partial charge in [-0.3, -0.25) is 9.59 Å². The third-order valence-corrected chi connectivity index (χ3v) is 6.00. The normalized spacial score (nSPS) is 13.9. The van der Waals surface area contributed by atoms with Crippen LogP contribution in [-0.4, -0.2) is 49.1 Å². The lowest BCUT2D eigenvalue weighted by Gasteiger charge is -2.32. The van der Waals surface area contributed by atoms with Gasteiger partial charge in [-0.1, -0.05) is 29.8 Å². The molecule has 1 heterocycles. The van der Waals surface area contributed by atoms with Gasteiger partial charge in [-0.05, 0) is 68.0 Å². The minimum absolute atomic E-state index is 0.0125. The first-order chi connectivity index (χ1) is 16.0. The number of carbonyl (C=O) groups excluding carboxylic acids is 3. The number of benzene rings is 2. The monoisotopic (exact) mass is 472 g/mol. The van der Waals surface area contributed by atoms with Crippen molar-refractivity contribution in [3.63, 3.8) is 0 Å². The second kappa shape index (κ2) is 12.3. The number of aryl methyl sites for hydroxylation is 1. The second-order valence-corrected chi connectivity index (χ2v) is 8.35. The number of likely N-dealkylation sites (tertiary alicyclic amines) is 1. The van der Waals surface area contributed by atoms with Gasteiger partial charge in [0.15, 0.2) is 0 Å². The highest BCUT2D eigenvalue weighted by molar-refractivity contribution is 6.31. The van der Waals surface area contributed by atoms with Gasteiger partial charge in [0.05, 0.1) is 6.61 Å². The van der Waals surface area contributed by atoms with E-state index in [4.69, 9.17) is 21.1 Å². The van der Waals surface area contributed by atoms with Gasteiger partial charge < -0.3 is 19.7 Å².